The number of anilines is 1. The standard InChI is InChI=1S/C18H29N3O3S/c1-3-17(18(22)19-12-15-20-13-8-5-9-14-20)21(25(2,23)24)16-10-6-4-7-11-16/h4,6-7,10-11,17H,3,5,8-9,12-15H2,1-2H3,(H,19,22)/t17-/m1/s1. The number of nitrogens with one attached hydrogen (secondary N) is 1. The van der Waals surface area contributed by atoms with Gasteiger partial charge in [0.05, 0.1) is 11.9 Å². The Labute approximate surface area is 151 Å². The van der Waals surface area contributed by atoms with Crippen LogP contribution in [0.4, 0.5) is 5.69 Å². The molecule has 2 rings (SSSR count). The minimum atomic E-state index is -3.56. The first kappa shape index (κ1) is 19.7. The Morgan fingerprint density at radius 2 is 1.84 bits per heavy atom. The average Bonchev–Trinajstić information content (AvgIpc) is 2.60. The van der Waals surface area contributed by atoms with Gasteiger partial charge in [-0.25, -0.2) is 8.42 Å². The molecule has 0 saturated carbocycles. The number of benzene rings is 1. The third kappa shape index (κ3) is 5.71. The second kappa shape index (κ2) is 9.20. The molecule has 0 aromatic heterocycles. The number of para-hydroxylation sites is 1. The molecule has 140 valence electrons. The SMILES string of the molecule is CC[C@H](C(=O)NCCN1CCCCC1)N(c1ccccc1)S(C)(=O)=O. The Balaban J connectivity index is 2.02. The van der Waals surface area contributed by atoms with E-state index in [1.54, 1.807) is 24.3 Å². The van der Waals surface area contributed by atoms with Crippen LogP contribution in [0.25, 0.3) is 0 Å². The van der Waals surface area contributed by atoms with Crippen molar-refractivity contribution in [2.45, 2.75) is 38.6 Å². The van der Waals surface area contributed by atoms with Gasteiger partial charge in [-0.2, -0.15) is 0 Å². The summed E-state index contributed by atoms with van der Waals surface area (Å²) in [6.45, 7) is 5.34. The molecule has 1 aliphatic rings. The second-order valence-electron chi connectivity index (χ2n) is 6.51. The minimum Gasteiger partial charge on any atom is -0.353 e. The Bertz CT molecular complexity index is 643. The van der Waals surface area contributed by atoms with E-state index < -0.39 is 16.1 Å². The van der Waals surface area contributed by atoms with Crippen molar-refractivity contribution in [3.8, 4) is 0 Å². The summed E-state index contributed by atoms with van der Waals surface area (Å²) in [5.74, 6) is -0.242. The van der Waals surface area contributed by atoms with Gasteiger partial charge < -0.3 is 10.2 Å². The molecule has 0 aliphatic carbocycles. The molecule has 1 heterocycles. The first-order chi connectivity index (χ1) is 11.9. The molecule has 1 amide bonds. The van der Waals surface area contributed by atoms with E-state index in [1.807, 2.05) is 13.0 Å². The lowest BCUT2D eigenvalue weighted by Crippen LogP contribution is -2.50. The fourth-order valence-electron chi connectivity index (χ4n) is 3.27. The highest BCUT2D eigenvalue weighted by atomic mass is 32.2. The molecule has 1 fully saturated rings. The highest BCUT2D eigenvalue weighted by molar-refractivity contribution is 7.92. The molecule has 1 aromatic rings. The zero-order valence-corrected chi connectivity index (χ0v) is 16.0. The van der Waals surface area contributed by atoms with Crippen LogP contribution in [0.1, 0.15) is 32.6 Å². The fraction of sp³-hybridized carbons (Fsp3) is 0.611. The Hall–Kier alpha value is -1.60. The first-order valence-electron chi connectivity index (χ1n) is 8.98. The maximum atomic E-state index is 12.6. The number of hydrogen-bond donors (Lipinski definition) is 1. The van der Waals surface area contributed by atoms with Gasteiger partial charge >= 0.3 is 0 Å². The molecule has 1 aliphatic heterocycles. The molecule has 1 N–H and O–H groups in total. The molecular formula is C18H29N3O3S. The quantitative estimate of drug-likeness (QED) is 0.761. The van der Waals surface area contributed by atoms with E-state index in [-0.39, 0.29) is 5.91 Å². The number of hydrogen-bond acceptors (Lipinski definition) is 4. The Kier molecular flexibility index (Phi) is 7.25. The number of carbonyl (C=O) groups excluding carboxylic acids is 1. The molecule has 7 heteroatoms. The van der Waals surface area contributed by atoms with Gasteiger partial charge in [-0.1, -0.05) is 31.5 Å². The van der Waals surface area contributed by atoms with Crippen LogP contribution >= 0.6 is 0 Å². The lowest BCUT2D eigenvalue weighted by molar-refractivity contribution is -0.122. The fourth-order valence-corrected chi connectivity index (χ4v) is 4.48. The largest absolute Gasteiger partial charge is 0.353 e. The number of amides is 1. The van der Waals surface area contributed by atoms with Gasteiger partial charge in [-0.05, 0) is 44.5 Å². The monoisotopic (exact) mass is 367 g/mol. The van der Waals surface area contributed by atoms with E-state index >= 15 is 0 Å². The van der Waals surface area contributed by atoms with Gasteiger partial charge in [0.15, 0.2) is 0 Å². The number of rotatable bonds is 8. The zero-order valence-electron chi connectivity index (χ0n) is 15.1. The van der Waals surface area contributed by atoms with Gasteiger partial charge in [0, 0.05) is 13.1 Å². The molecule has 1 saturated heterocycles. The third-order valence-corrected chi connectivity index (χ3v) is 5.70. The molecule has 25 heavy (non-hydrogen) atoms. The van der Waals surface area contributed by atoms with Crippen LogP contribution in [-0.2, 0) is 14.8 Å². The second-order valence-corrected chi connectivity index (χ2v) is 8.37. The predicted molar refractivity (Wildman–Crippen MR) is 101 cm³/mol. The van der Waals surface area contributed by atoms with Crippen molar-refractivity contribution in [1.29, 1.82) is 0 Å². The van der Waals surface area contributed by atoms with Gasteiger partial charge in [-0.15, -0.1) is 0 Å². The molecule has 1 atom stereocenters. The summed E-state index contributed by atoms with van der Waals surface area (Å²) in [4.78, 5) is 15.0. The summed E-state index contributed by atoms with van der Waals surface area (Å²) in [5.41, 5.74) is 0.517. The van der Waals surface area contributed by atoms with E-state index in [4.69, 9.17) is 0 Å². The number of nitrogens with zero attached hydrogens (tertiary/aromatic N) is 2. The van der Waals surface area contributed by atoms with E-state index in [2.05, 4.69) is 10.2 Å². The number of sulfonamides is 1. The van der Waals surface area contributed by atoms with Crippen molar-refractivity contribution in [2.75, 3.05) is 36.7 Å². The smallest absolute Gasteiger partial charge is 0.243 e. The molecule has 1 aromatic carbocycles. The topological polar surface area (TPSA) is 69.7 Å². The van der Waals surface area contributed by atoms with Crippen molar-refractivity contribution >= 4 is 21.6 Å². The third-order valence-electron chi connectivity index (χ3n) is 4.52. The predicted octanol–water partition coefficient (Wildman–Crippen LogP) is 1.83. The summed E-state index contributed by atoms with van der Waals surface area (Å²) < 4.78 is 25.8. The van der Waals surface area contributed by atoms with Gasteiger partial charge in [0.2, 0.25) is 15.9 Å². The molecule has 0 radical (unpaired) electrons. The van der Waals surface area contributed by atoms with Crippen LogP contribution < -0.4 is 9.62 Å². The number of likely N-dealkylation sites (tertiary alicyclic amines) is 1. The first-order valence-corrected chi connectivity index (χ1v) is 10.8. The van der Waals surface area contributed by atoms with Crippen LogP contribution in [0.15, 0.2) is 30.3 Å². The van der Waals surface area contributed by atoms with Crippen LogP contribution in [0.5, 0.6) is 0 Å². The summed E-state index contributed by atoms with van der Waals surface area (Å²) in [6.07, 6.45) is 5.26. The van der Waals surface area contributed by atoms with Gasteiger partial charge in [0.25, 0.3) is 0 Å². The lowest BCUT2D eigenvalue weighted by Gasteiger charge is -2.31. The molecule has 6 nitrogen and oxygen atoms in total. The molecule has 0 spiro atoms. The number of piperidine rings is 1. The molecule has 0 unspecified atom stereocenters. The maximum absolute atomic E-state index is 12.6. The minimum absolute atomic E-state index is 0.242. The van der Waals surface area contributed by atoms with Crippen molar-refractivity contribution in [1.82, 2.24) is 10.2 Å². The van der Waals surface area contributed by atoms with Crippen LogP contribution in [0.3, 0.4) is 0 Å². The van der Waals surface area contributed by atoms with Crippen molar-refractivity contribution in [2.24, 2.45) is 0 Å². The highest BCUT2D eigenvalue weighted by Gasteiger charge is 2.31. The van der Waals surface area contributed by atoms with Crippen molar-refractivity contribution in [3.63, 3.8) is 0 Å². The highest BCUT2D eigenvalue weighted by Crippen LogP contribution is 2.21. The van der Waals surface area contributed by atoms with Crippen molar-refractivity contribution < 1.29 is 13.2 Å². The van der Waals surface area contributed by atoms with E-state index in [1.165, 1.54) is 23.6 Å². The van der Waals surface area contributed by atoms with Crippen LogP contribution in [0, 0.1) is 0 Å². The zero-order chi connectivity index (χ0) is 18.3. The van der Waals surface area contributed by atoms with Gasteiger partial charge in [0.1, 0.15) is 6.04 Å². The van der Waals surface area contributed by atoms with Gasteiger partial charge in [-0.3, -0.25) is 9.10 Å². The van der Waals surface area contributed by atoms with Crippen LogP contribution in [-0.4, -0.2) is 57.7 Å². The average molecular weight is 368 g/mol. The number of carbonyl (C=O) groups is 1. The lowest BCUT2D eigenvalue weighted by atomic mass is 10.1. The van der Waals surface area contributed by atoms with E-state index in [9.17, 15) is 13.2 Å². The maximum Gasteiger partial charge on any atom is 0.243 e. The summed E-state index contributed by atoms with van der Waals surface area (Å²) in [7, 11) is -3.56. The van der Waals surface area contributed by atoms with Crippen LogP contribution in [0.2, 0.25) is 0 Å². The van der Waals surface area contributed by atoms with E-state index in [0.29, 0.717) is 18.7 Å². The molecular weight excluding hydrogens is 338 g/mol. The molecule has 0 bridgehead atoms. The van der Waals surface area contributed by atoms with E-state index in [0.717, 1.165) is 25.9 Å². The normalized spacial score (nSPS) is 17.0. The summed E-state index contributed by atoms with van der Waals surface area (Å²) >= 11 is 0. The summed E-state index contributed by atoms with van der Waals surface area (Å²) in [6, 6.07) is 8.06. The summed E-state index contributed by atoms with van der Waals surface area (Å²) in [5, 5.41) is 2.92. The Morgan fingerprint density at radius 3 is 2.40 bits per heavy atom. The Morgan fingerprint density at radius 1 is 1.20 bits per heavy atom. The van der Waals surface area contributed by atoms with Crippen molar-refractivity contribution in [3.05, 3.63) is 30.3 Å².